The second-order valence-corrected chi connectivity index (χ2v) is 8.26. The summed E-state index contributed by atoms with van der Waals surface area (Å²) in [6.07, 6.45) is 25.1. The van der Waals surface area contributed by atoms with Crippen LogP contribution in [0.3, 0.4) is 0 Å². The summed E-state index contributed by atoms with van der Waals surface area (Å²) in [6.45, 7) is 4.83. The van der Waals surface area contributed by atoms with Crippen molar-refractivity contribution >= 4 is 7.85 Å². The molecule has 1 heteroatoms. The Labute approximate surface area is 142 Å². The Balaban J connectivity index is 2.48. The van der Waals surface area contributed by atoms with E-state index in [1.165, 1.54) is 109 Å². The zero-order chi connectivity index (χ0) is 16.1. The zero-order valence-corrected chi connectivity index (χ0v) is 16.1. The molecular formula is C21H43B. The topological polar surface area (TPSA) is 0 Å². The van der Waals surface area contributed by atoms with E-state index < -0.39 is 0 Å². The molecule has 0 amide bonds. The summed E-state index contributed by atoms with van der Waals surface area (Å²) >= 11 is 0. The van der Waals surface area contributed by atoms with E-state index in [1.807, 2.05) is 0 Å². The fraction of sp³-hybridized carbons (Fsp3) is 1.00. The average Bonchev–Trinajstić information content (AvgIpc) is 2.51. The molecule has 0 aromatic rings. The van der Waals surface area contributed by atoms with Crippen molar-refractivity contribution in [2.24, 2.45) is 5.92 Å². The van der Waals surface area contributed by atoms with E-state index in [2.05, 4.69) is 21.7 Å². The van der Waals surface area contributed by atoms with Crippen molar-refractivity contribution in [3.8, 4) is 0 Å². The first-order valence-electron chi connectivity index (χ1n) is 10.7. The smallest absolute Gasteiger partial charge is 0.0651 e. The van der Waals surface area contributed by atoms with Crippen molar-refractivity contribution in [3.05, 3.63) is 0 Å². The highest BCUT2D eigenvalue weighted by atomic mass is 14.3. The van der Waals surface area contributed by atoms with Gasteiger partial charge in [-0.3, -0.25) is 0 Å². The number of rotatable bonds is 3. The highest BCUT2D eigenvalue weighted by molar-refractivity contribution is 6.15. The average molecular weight is 306 g/mol. The lowest BCUT2D eigenvalue weighted by Gasteiger charge is -2.38. The fourth-order valence-corrected chi connectivity index (χ4v) is 4.81. The van der Waals surface area contributed by atoms with Gasteiger partial charge in [0.15, 0.2) is 0 Å². The van der Waals surface area contributed by atoms with Crippen LogP contribution in [0.2, 0.25) is 5.31 Å². The predicted molar refractivity (Wildman–Crippen MR) is 105 cm³/mol. The molecule has 0 aromatic carbocycles. The van der Waals surface area contributed by atoms with E-state index >= 15 is 0 Å². The third-order valence-corrected chi connectivity index (χ3v) is 6.47. The van der Waals surface area contributed by atoms with Crippen molar-refractivity contribution in [1.29, 1.82) is 0 Å². The van der Waals surface area contributed by atoms with Crippen molar-refractivity contribution in [3.63, 3.8) is 0 Å². The van der Waals surface area contributed by atoms with E-state index in [1.54, 1.807) is 0 Å². The molecule has 1 aliphatic rings. The molecule has 0 aromatic heterocycles. The number of hydrogen-bond acceptors (Lipinski definition) is 0. The summed E-state index contributed by atoms with van der Waals surface area (Å²) in [7, 11) is 2.62. The molecule has 22 heavy (non-hydrogen) atoms. The summed E-state index contributed by atoms with van der Waals surface area (Å²) in [6, 6.07) is 0. The van der Waals surface area contributed by atoms with Gasteiger partial charge in [0.05, 0.1) is 0 Å². The van der Waals surface area contributed by atoms with Gasteiger partial charge in [-0.2, -0.15) is 0 Å². The van der Waals surface area contributed by atoms with Gasteiger partial charge in [-0.15, -0.1) is 0 Å². The Bertz CT molecular complexity index is 228. The first kappa shape index (κ1) is 20.1. The van der Waals surface area contributed by atoms with E-state index in [-0.39, 0.29) is 0 Å². The summed E-state index contributed by atoms with van der Waals surface area (Å²) in [5.41, 5.74) is 0. The minimum atomic E-state index is 0.626. The fourth-order valence-electron chi connectivity index (χ4n) is 4.81. The van der Waals surface area contributed by atoms with E-state index in [9.17, 15) is 0 Å². The van der Waals surface area contributed by atoms with Gasteiger partial charge in [0, 0.05) is 0 Å². The molecule has 0 radical (unpaired) electrons. The minimum absolute atomic E-state index is 0.626. The summed E-state index contributed by atoms with van der Waals surface area (Å²) in [5, 5.41) is 0.626. The summed E-state index contributed by atoms with van der Waals surface area (Å²) in [5.74, 6) is 0.950. The number of hydrogen-bond donors (Lipinski definition) is 0. The molecule has 0 spiro atoms. The van der Waals surface area contributed by atoms with Crippen LogP contribution in [0.15, 0.2) is 0 Å². The third-order valence-electron chi connectivity index (χ3n) is 6.47. The molecule has 0 saturated heterocycles. The maximum Gasteiger partial charge on any atom is 0.109 e. The molecule has 0 unspecified atom stereocenters. The zero-order valence-electron chi connectivity index (χ0n) is 16.1. The SMILES string of the molecule is BC1(C(CC)CC)CCCCCCCCCCCCCCC1. The molecule has 1 rings (SSSR count). The standard InChI is InChI=1S/C21H43B/c1-3-20(4-2)21(22)18-16-14-12-10-8-6-5-7-9-11-13-15-17-19-21/h20H,3-19,22H2,1-2H3. The van der Waals surface area contributed by atoms with Crippen LogP contribution < -0.4 is 0 Å². The van der Waals surface area contributed by atoms with Crippen LogP contribution in [0.4, 0.5) is 0 Å². The quantitative estimate of drug-likeness (QED) is 0.489. The van der Waals surface area contributed by atoms with Crippen LogP contribution in [-0.4, -0.2) is 7.85 Å². The van der Waals surface area contributed by atoms with Crippen molar-refractivity contribution in [2.75, 3.05) is 0 Å². The van der Waals surface area contributed by atoms with Crippen LogP contribution in [0.5, 0.6) is 0 Å². The molecule has 1 aliphatic carbocycles. The maximum atomic E-state index is 2.62. The van der Waals surface area contributed by atoms with Gasteiger partial charge in [-0.1, -0.05) is 128 Å². The first-order chi connectivity index (χ1) is 10.7. The second-order valence-electron chi connectivity index (χ2n) is 8.26. The van der Waals surface area contributed by atoms with Crippen molar-refractivity contribution < 1.29 is 0 Å². The van der Waals surface area contributed by atoms with Crippen LogP contribution in [-0.2, 0) is 0 Å². The second kappa shape index (κ2) is 12.5. The molecule has 1 fully saturated rings. The molecular weight excluding hydrogens is 263 g/mol. The van der Waals surface area contributed by atoms with E-state index in [0.29, 0.717) is 5.31 Å². The molecule has 0 atom stereocenters. The summed E-state index contributed by atoms with van der Waals surface area (Å²) in [4.78, 5) is 0. The Kier molecular flexibility index (Phi) is 11.4. The lowest BCUT2D eigenvalue weighted by Crippen LogP contribution is -2.23. The molecule has 1 saturated carbocycles. The van der Waals surface area contributed by atoms with Crippen molar-refractivity contribution in [2.45, 2.75) is 128 Å². The van der Waals surface area contributed by atoms with Gasteiger partial charge >= 0.3 is 0 Å². The van der Waals surface area contributed by atoms with Gasteiger partial charge in [0.2, 0.25) is 0 Å². The van der Waals surface area contributed by atoms with E-state index in [0.717, 1.165) is 5.92 Å². The van der Waals surface area contributed by atoms with Crippen molar-refractivity contribution in [1.82, 2.24) is 0 Å². The Morgan fingerprint density at radius 2 is 0.864 bits per heavy atom. The lowest BCUT2D eigenvalue weighted by molar-refractivity contribution is 0.282. The molecule has 0 heterocycles. The van der Waals surface area contributed by atoms with Gasteiger partial charge < -0.3 is 0 Å². The predicted octanol–water partition coefficient (Wildman–Crippen LogP) is 7.08. The van der Waals surface area contributed by atoms with Gasteiger partial charge in [0.25, 0.3) is 0 Å². The largest absolute Gasteiger partial charge is 0.109 e. The molecule has 0 nitrogen and oxygen atoms in total. The molecule has 0 aliphatic heterocycles. The van der Waals surface area contributed by atoms with Crippen LogP contribution in [0.1, 0.15) is 123 Å². The highest BCUT2D eigenvalue weighted by Crippen LogP contribution is 2.46. The highest BCUT2D eigenvalue weighted by Gasteiger charge is 2.30. The maximum absolute atomic E-state index is 2.62. The Morgan fingerprint density at radius 3 is 1.14 bits per heavy atom. The van der Waals surface area contributed by atoms with E-state index in [4.69, 9.17) is 0 Å². The van der Waals surface area contributed by atoms with Gasteiger partial charge in [-0.05, 0) is 5.92 Å². The normalized spacial score (nSPS) is 23.4. The van der Waals surface area contributed by atoms with Gasteiger partial charge in [-0.25, -0.2) is 0 Å². The van der Waals surface area contributed by atoms with Crippen LogP contribution >= 0.6 is 0 Å². The third kappa shape index (κ3) is 8.07. The molecule has 0 N–H and O–H groups in total. The monoisotopic (exact) mass is 306 g/mol. The van der Waals surface area contributed by atoms with Crippen LogP contribution in [0, 0.1) is 5.92 Å². The molecule has 0 bridgehead atoms. The van der Waals surface area contributed by atoms with Gasteiger partial charge in [0.1, 0.15) is 7.85 Å². The summed E-state index contributed by atoms with van der Waals surface area (Å²) < 4.78 is 0. The molecule has 130 valence electrons. The van der Waals surface area contributed by atoms with Crippen LogP contribution in [0.25, 0.3) is 0 Å². The minimum Gasteiger partial charge on any atom is -0.0651 e. The lowest BCUT2D eigenvalue weighted by atomic mass is 9.54. The Morgan fingerprint density at radius 1 is 0.591 bits per heavy atom. The first-order valence-corrected chi connectivity index (χ1v) is 10.7. The Hall–Kier alpha value is 0.0649.